The van der Waals surface area contributed by atoms with Crippen molar-refractivity contribution in [2.45, 2.75) is 18.9 Å². The Bertz CT molecular complexity index is 780. The molecule has 0 saturated heterocycles. The zero-order chi connectivity index (χ0) is 19.3. The number of carbonyl (C=O) groups is 1. The van der Waals surface area contributed by atoms with Crippen LogP contribution in [0.5, 0.6) is 0 Å². The Labute approximate surface area is 159 Å². The van der Waals surface area contributed by atoms with E-state index < -0.39 is 0 Å². The average molecular weight is 377 g/mol. The molecule has 140 valence electrons. The smallest absolute Gasteiger partial charge is 0.306 e. The first-order valence-corrected chi connectivity index (χ1v) is 8.62. The standard InChI is InChI=1S/C19H25ClN4O2/c1-23-11-14-8-12(4-6-16(14)20)15(10-19(25)26-3)13-5-7-18(24(2)22)17(21)9-13/h4-9,15,23H,10-11,21-22H2,1-3H3. The molecule has 1 unspecified atom stereocenters. The van der Waals surface area contributed by atoms with E-state index >= 15 is 0 Å². The molecule has 2 rings (SSSR count). The molecule has 26 heavy (non-hydrogen) atoms. The number of ether oxygens (including phenoxy) is 1. The van der Waals surface area contributed by atoms with E-state index in [0.717, 1.165) is 22.4 Å². The molecule has 0 saturated carbocycles. The lowest BCUT2D eigenvalue weighted by Crippen LogP contribution is -2.26. The van der Waals surface area contributed by atoms with Crippen molar-refractivity contribution in [3.63, 3.8) is 0 Å². The number of methoxy groups -OCH3 is 1. The summed E-state index contributed by atoms with van der Waals surface area (Å²) in [4.78, 5) is 12.0. The molecule has 7 heteroatoms. The van der Waals surface area contributed by atoms with Crippen molar-refractivity contribution in [2.75, 3.05) is 31.9 Å². The Morgan fingerprint density at radius 1 is 1.27 bits per heavy atom. The van der Waals surface area contributed by atoms with E-state index in [0.29, 0.717) is 17.3 Å². The summed E-state index contributed by atoms with van der Waals surface area (Å²) in [7, 11) is 4.97. The molecule has 2 aromatic rings. The molecule has 6 nitrogen and oxygen atoms in total. The molecule has 0 radical (unpaired) electrons. The predicted molar refractivity (Wildman–Crippen MR) is 106 cm³/mol. The van der Waals surface area contributed by atoms with Crippen molar-refractivity contribution >= 4 is 28.9 Å². The van der Waals surface area contributed by atoms with Crippen LogP contribution in [0, 0.1) is 0 Å². The van der Waals surface area contributed by atoms with Gasteiger partial charge in [0.25, 0.3) is 0 Å². The monoisotopic (exact) mass is 376 g/mol. The molecule has 0 aromatic heterocycles. The quantitative estimate of drug-likeness (QED) is 0.298. The third-order valence-corrected chi connectivity index (χ3v) is 4.64. The third-order valence-electron chi connectivity index (χ3n) is 4.27. The van der Waals surface area contributed by atoms with Crippen LogP contribution in [-0.2, 0) is 16.1 Å². The van der Waals surface area contributed by atoms with Crippen LogP contribution in [-0.4, -0.2) is 27.2 Å². The number of hydrazine groups is 1. The number of hydrogen-bond acceptors (Lipinski definition) is 6. The second kappa shape index (κ2) is 8.89. The summed E-state index contributed by atoms with van der Waals surface area (Å²) in [6.07, 6.45) is 0.203. The largest absolute Gasteiger partial charge is 0.469 e. The van der Waals surface area contributed by atoms with Gasteiger partial charge in [0, 0.05) is 24.5 Å². The summed E-state index contributed by atoms with van der Waals surface area (Å²) in [6, 6.07) is 11.4. The van der Waals surface area contributed by atoms with Crippen molar-refractivity contribution in [3.05, 3.63) is 58.1 Å². The molecule has 0 fully saturated rings. The van der Waals surface area contributed by atoms with Gasteiger partial charge in [-0.1, -0.05) is 29.8 Å². The number of anilines is 2. The van der Waals surface area contributed by atoms with Gasteiger partial charge in [0.1, 0.15) is 0 Å². The molecule has 0 amide bonds. The second-order valence-electron chi connectivity index (χ2n) is 6.14. The van der Waals surface area contributed by atoms with Gasteiger partial charge in [0.2, 0.25) is 0 Å². The van der Waals surface area contributed by atoms with Crippen LogP contribution in [0.25, 0.3) is 0 Å². The molecule has 0 bridgehead atoms. The maximum atomic E-state index is 12.0. The van der Waals surface area contributed by atoms with Gasteiger partial charge in [0.15, 0.2) is 0 Å². The zero-order valence-corrected chi connectivity index (χ0v) is 16.0. The van der Waals surface area contributed by atoms with Gasteiger partial charge >= 0.3 is 5.97 Å². The molecular weight excluding hydrogens is 352 g/mol. The highest BCUT2D eigenvalue weighted by Crippen LogP contribution is 2.34. The number of benzene rings is 2. The lowest BCUT2D eigenvalue weighted by Gasteiger charge is -2.21. The fourth-order valence-electron chi connectivity index (χ4n) is 2.93. The number of carbonyl (C=O) groups excluding carboxylic acids is 1. The molecular formula is C19H25ClN4O2. The lowest BCUT2D eigenvalue weighted by molar-refractivity contribution is -0.140. The highest BCUT2D eigenvalue weighted by atomic mass is 35.5. The first kappa shape index (κ1) is 20.0. The van der Waals surface area contributed by atoms with E-state index in [1.54, 1.807) is 7.05 Å². The fraction of sp³-hybridized carbons (Fsp3) is 0.316. The number of esters is 1. The number of halogens is 1. The Hall–Kier alpha value is -2.28. The minimum absolute atomic E-state index is 0.199. The van der Waals surface area contributed by atoms with E-state index in [2.05, 4.69) is 5.32 Å². The molecule has 0 aliphatic carbocycles. The third kappa shape index (κ3) is 4.66. The maximum absolute atomic E-state index is 12.0. The first-order valence-electron chi connectivity index (χ1n) is 8.25. The summed E-state index contributed by atoms with van der Waals surface area (Å²) in [5, 5.41) is 5.24. The first-order chi connectivity index (χ1) is 12.4. The average Bonchev–Trinajstić information content (AvgIpc) is 2.61. The van der Waals surface area contributed by atoms with Crippen LogP contribution in [0.1, 0.15) is 29.0 Å². The molecule has 1 atom stereocenters. The van der Waals surface area contributed by atoms with Crippen LogP contribution in [0.15, 0.2) is 36.4 Å². The van der Waals surface area contributed by atoms with Crippen LogP contribution in [0.3, 0.4) is 0 Å². The summed E-state index contributed by atoms with van der Waals surface area (Å²) >= 11 is 6.27. The Morgan fingerprint density at radius 2 is 1.92 bits per heavy atom. The summed E-state index contributed by atoms with van der Waals surface area (Å²) in [5.74, 6) is 5.29. The number of rotatable bonds is 7. The summed E-state index contributed by atoms with van der Waals surface area (Å²) in [5.41, 5.74) is 10.3. The highest BCUT2D eigenvalue weighted by Gasteiger charge is 2.21. The van der Waals surface area contributed by atoms with Gasteiger partial charge in [-0.05, 0) is 41.9 Å². The van der Waals surface area contributed by atoms with Crippen LogP contribution in [0.2, 0.25) is 5.02 Å². The number of nitrogen functional groups attached to an aromatic ring is 1. The topological polar surface area (TPSA) is 93.6 Å². The van der Waals surface area contributed by atoms with Gasteiger partial charge in [-0.15, -0.1) is 0 Å². The Balaban J connectivity index is 2.49. The zero-order valence-electron chi connectivity index (χ0n) is 15.3. The van der Waals surface area contributed by atoms with Crippen molar-refractivity contribution in [2.24, 2.45) is 5.84 Å². The normalized spacial score (nSPS) is 11.9. The van der Waals surface area contributed by atoms with Gasteiger partial charge in [-0.25, -0.2) is 5.84 Å². The van der Waals surface area contributed by atoms with E-state index in [-0.39, 0.29) is 18.3 Å². The fourth-order valence-corrected chi connectivity index (χ4v) is 3.11. The van der Waals surface area contributed by atoms with Crippen molar-refractivity contribution in [1.82, 2.24) is 5.32 Å². The van der Waals surface area contributed by atoms with Gasteiger partial charge in [-0.3, -0.25) is 4.79 Å². The van der Waals surface area contributed by atoms with Gasteiger partial charge in [-0.2, -0.15) is 0 Å². The van der Waals surface area contributed by atoms with E-state index in [1.165, 1.54) is 12.1 Å². The Kier molecular flexibility index (Phi) is 6.85. The van der Waals surface area contributed by atoms with E-state index in [4.69, 9.17) is 27.9 Å². The number of nitrogens with one attached hydrogen (secondary N) is 1. The lowest BCUT2D eigenvalue weighted by atomic mass is 9.87. The van der Waals surface area contributed by atoms with Crippen molar-refractivity contribution in [3.8, 4) is 0 Å². The number of hydrogen-bond donors (Lipinski definition) is 3. The van der Waals surface area contributed by atoms with E-state index in [9.17, 15) is 4.79 Å². The van der Waals surface area contributed by atoms with Crippen LogP contribution in [0.4, 0.5) is 11.4 Å². The minimum atomic E-state index is -0.293. The molecule has 0 spiro atoms. The molecule has 0 heterocycles. The molecule has 5 N–H and O–H groups in total. The molecule has 2 aromatic carbocycles. The highest BCUT2D eigenvalue weighted by molar-refractivity contribution is 6.31. The maximum Gasteiger partial charge on any atom is 0.306 e. The van der Waals surface area contributed by atoms with Gasteiger partial charge < -0.3 is 20.8 Å². The number of nitrogens with two attached hydrogens (primary N) is 2. The SMILES string of the molecule is CNCc1cc(C(CC(=O)OC)c2ccc(N(C)N)c(N)c2)ccc1Cl. The van der Waals surface area contributed by atoms with Crippen LogP contribution < -0.4 is 21.9 Å². The van der Waals surface area contributed by atoms with Gasteiger partial charge in [0.05, 0.1) is 24.9 Å². The Morgan fingerprint density at radius 3 is 2.50 bits per heavy atom. The van der Waals surface area contributed by atoms with Crippen molar-refractivity contribution in [1.29, 1.82) is 0 Å². The predicted octanol–water partition coefficient (Wildman–Crippen LogP) is 2.65. The molecule has 0 aliphatic heterocycles. The number of nitrogens with zero attached hydrogens (tertiary/aromatic N) is 1. The minimum Gasteiger partial charge on any atom is -0.469 e. The summed E-state index contributed by atoms with van der Waals surface area (Å²) in [6.45, 7) is 0.636. The summed E-state index contributed by atoms with van der Waals surface area (Å²) < 4.78 is 4.88. The van der Waals surface area contributed by atoms with Crippen molar-refractivity contribution < 1.29 is 9.53 Å². The van der Waals surface area contributed by atoms with E-state index in [1.807, 2.05) is 43.4 Å². The van der Waals surface area contributed by atoms with Crippen LogP contribution >= 0.6 is 11.6 Å². The molecule has 0 aliphatic rings. The second-order valence-corrected chi connectivity index (χ2v) is 6.55.